The Hall–Kier alpha value is -3.49. The van der Waals surface area contributed by atoms with Crippen LogP contribution in [0.2, 0.25) is 0 Å². The lowest BCUT2D eigenvalue weighted by molar-refractivity contribution is 0.102. The third kappa shape index (κ3) is 4.12. The minimum atomic E-state index is -4.13. The summed E-state index contributed by atoms with van der Waals surface area (Å²) in [4.78, 5) is 22.7. The van der Waals surface area contributed by atoms with Crippen molar-refractivity contribution in [2.45, 2.75) is 30.2 Å². The maximum Gasteiger partial charge on any atom is 0.274 e. The van der Waals surface area contributed by atoms with Gasteiger partial charge in [0, 0.05) is 43.3 Å². The number of hydrogen-bond donors (Lipinski definition) is 3. The molecule has 0 saturated carbocycles. The molecule has 4 heterocycles. The van der Waals surface area contributed by atoms with Crippen molar-refractivity contribution in [2.24, 2.45) is 0 Å². The first-order valence-corrected chi connectivity index (χ1v) is 14.0. The van der Waals surface area contributed by atoms with E-state index in [-0.39, 0.29) is 35.9 Å². The molecule has 2 aliphatic heterocycles. The largest absolute Gasteiger partial charge is 0.345 e. The van der Waals surface area contributed by atoms with Gasteiger partial charge in [-0.2, -0.15) is 0 Å². The number of thiazole rings is 1. The van der Waals surface area contributed by atoms with E-state index in [1.807, 2.05) is 10.3 Å². The molecule has 2 saturated heterocycles. The number of carbonyl (C=O) groups excluding carboxylic acids is 1. The minimum absolute atomic E-state index is 0.0145. The number of hydrogen-bond acceptors (Lipinski definition) is 8. The monoisotopic (exact) mass is 561 g/mol. The van der Waals surface area contributed by atoms with Crippen LogP contribution in [0, 0.1) is 17.0 Å². The van der Waals surface area contributed by atoms with Gasteiger partial charge in [-0.3, -0.25) is 15.1 Å². The summed E-state index contributed by atoms with van der Waals surface area (Å²) in [5.74, 6) is -2.32. The summed E-state index contributed by atoms with van der Waals surface area (Å²) in [6.07, 6.45) is 1.09. The zero-order valence-electron chi connectivity index (χ0n) is 20.5. The maximum absolute atomic E-state index is 15.5. The van der Waals surface area contributed by atoms with Gasteiger partial charge >= 0.3 is 0 Å². The van der Waals surface area contributed by atoms with Gasteiger partial charge in [0.1, 0.15) is 22.1 Å². The summed E-state index contributed by atoms with van der Waals surface area (Å²) in [7, 11) is -2.83. The predicted octanol–water partition coefficient (Wildman–Crippen LogP) is 2.73. The highest BCUT2D eigenvalue weighted by Gasteiger charge is 2.66. The fraction of sp³-hybridized carbons (Fsp3) is 0.333. The molecule has 5 rings (SSSR count). The van der Waals surface area contributed by atoms with Crippen molar-refractivity contribution >= 4 is 38.9 Å². The Morgan fingerprint density at radius 3 is 2.74 bits per heavy atom. The van der Waals surface area contributed by atoms with Crippen molar-refractivity contribution in [3.8, 4) is 0 Å². The van der Waals surface area contributed by atoms with E-state index in [0.717, 1.165) is 28.3 Å². The van der Waals surface area contributed by atoms with E-state index in [9.17, 15) is 17.6 Å². The molecule has 14 heteroatoms. The average molecular weight is 562 g/mol. The Morgan fingerprint density at radius 1 is 1.26 bits per heavy atom. The Morgan fingerprint density at radius 2 is 2.05 bits per heavy atom. The van der Waals surface area contributed by atoms with E-state index in [4.69, 9.17) is 5.41 Å². The number of carbonyl (C=O) groups is 1. The lowest BCUT2D eigenvalue weighted by atomic mass is 9.77. The molecule has 1 spiro atoms. The number of pyridine rings is 1. The molecule has 0 bridgehead atoms. The van der Waals surface area contributed by atoms with E-state index in [1.54, 1.807) is 12.4 Å². The Kier molecular flexibility index (Phi) is 6.44. The molecule has 0 radical (unpaired) electrons. The van der Waals surface area contributed by atoms with Gasteiger partial charge in [0.25, 0.3) is 5.91 Å². The third-order valence-electron chi connectivity index (χ3n) is 7.35. The van der Waals surface area contributed by atoms with Crippen LogP contribution in [0.25, 0.3) is 0 Å². The number of benzene rings is 1. The normalized spacial score (nSPS) is 24.9. The van der Waals surface area contributed by atoms with Gasteiger partial charge in [0.15, 0.2) is 0 Å². The predicted molar refractivity (Wildman–Crippen MR) is 138 cm³/mol. The van der Waals surface area contributed by atoms with Crippen molar-refractivity contribution in [1.29, 1.82) is 5.41 Å². The summed E-state index contributed by atoms with van der Waals surface area (Å²) in [6.45, 7) is 2.50. The highest BCUT2D eigenvalue weighted by molar-refractivity contribution is 7.91. The molecular formula is C24H25F2N7O3S2. The zero-order valence-corrected chi connectivity index (χ0v) is 22.2. The number of amides is 1. The Bertz CT molecular complexity index is 1500. The molecule has 2 aliphatic rings. The van der Waals surface area contributed by atoms with Crippen LogP contribution in [0.4, 0.5) is 14.5 Å². The maximum atomic E-state index is 15.5. The zero-order chi connectivity index (χ0) is 27.3. The molecule has 2 aromatic heterocycles. The highest BCUT2D eigenvalue weighted by atomic mass is 32.2. The fourth-order valence-corrected chi connectivity index (χ4v) is 7.96. The smallest absolute Gasteiger partial charge is 0.274 e. The molecule has 0 unspecified atom stereocenters. The Balaban J connectivity index is 1.54. The van der Waals surface area contributed by atoms with Crippen LogP contribution in [-0.2, 0) is 22.1 Å². The minimum Gasteiger partial charge on any atom is -0.345 e. The van der Waals surface area contributed by atoms with E-state index in [1.165, 1.54) is 36.6 Å². The standard InChI is InChI=1S/C24H25F2N7O3S2/c1-23(18-9-16(4-5-19(18)26)30-21(34)20-6-3-15(25)10-28-20)24(38(35,36)32(2)22(27)31-23)7-8-33(13-24)11-17-12-37-14-29-17/h3-6,9-10,12,14H,7-8,11,13H2,1-2H3,(H2,27,31)(H,30,34)/t23-,24-/m1/s1. The van der Waals surface area contributed by atoms with Gasteiger partial charge in [-0.15, -0.1) is 11.3 Å². The third-order valence-corrected chi connectivity index (χ3v) is 10.6. The second-order valence-electron chi connectivity index (χ2n) is 9.52. The molecular weight excluding hydrogens is 536 g/mol. The quantitative estimate of drug-likeness (QED) is 0.437. The van der Waals surface area contributed by atoms with Gasteiger partial charge < -0.3 is 10.6 Å². The topological polar surface area (TPSA) is 131 Å². The molecule has 3 aromatic rings. The van der Waals surface area contributed by atoms with Gasteiger partial charge in [-0.05, 0) is 43.7 Å². The van der Waals surface area contributed by atoms with E-state index in [0.29, 0.717) is 13.1 Å². The first-order chi connectivity index (χ1) is 18.0. The average Bonchev–Trinajstić information content (AvgIpc) is 3.55. The van der Waals surface area contributed by atoms with E-state index >= 15 is 4.39 Å². The number of sulfonamides is 1. The van der Waals surface area contributed by atoms with Gasteiger partial charge in [-0.25, -0.2) is 31.5 Å². The lowest BCUT2D eigenvalue weighted by Crippen LogP contribution is -2.74. The SMILES string of the molecule is CN1C(=N)N[C@](C)(c2cc(NC(=O)c3ccc(F)cn3)ccc2F)[C@]2(CCN(Cc3cscn3)C2)S1(=O)=O. The van der Waals surface area contributed by atoms with Gasteiger partial charge in [0.2, 0.25) is 16.0 Å². The molecule has 38 heavy (non-hydrogen) atoms. The number of likely N-dealkylation sites (tertiary alicyclic amines) is 1. The second-order valence-corrected chi connectivity index (χ2v) is 12.5. The van der Waals surface area contributed by atoms with Crippen molar-refractivity contribution in [1.82, 2.24) is 24.5 Å². The van der Waals surface area contributed by atoms with Crippen LogP contribution in [0.3, 0.4) is 0 Å². The fourth-order valence-electron chi connectivity index (χ4n) is 5.23. The molecule has 10 nitrogen and oxygen atoms in total. The number of anilines is 1. The summed E-state index contributed by atoms with van der Waals surface area (Å²) >= 11 is 1.44. The summed E-state index contributed by atoms with van der Waals surface area (Å²) in [5.41, 5.74) is 1.08. The van der Waals surface area contributed by atoms with E-state index < -0.39 is 37.9 Å². The number of nitrogens with zero attached hydrogens (tertiary/aromatic N) is 4. The molecule has 1 amide bonds. The second kappa shape index (κ2) is 9.36. The molecule has 1 aromatic carbocycles. The lowest BCUT2D eigenvalue weighted by Gasteiger charge is -2.52. The van der Waals surface area contributed by atoms with E-state index in [2.05, 4.69) is 20.6 Å². The van der Waals surface area contributed by atoms with Crippen molar-refractivity contribution in [3.05, 3.63) is 76.0 Å². The summed E-state index contributed by atoms with van der Waals surface area (Å²) < 4.78 is 56.0. The van der Waals surface area contributed by atoms with Gasteiger partial charge in [0.05, 0.1) is 22.9 Å². The van der Waals surface area contributed by atoms with Crippen LogP contribution in [-0.4, -0.2) is 64.3 Å². The van der Waals surface area contributed by atoms with Crippen molar-refractivity contribution < 1.29 is 22.0 Å². The number of nitrogens with one attached hydrogen (secondary N) is 3. The Labute approximate surface area is 222 Å². The number of rotatable bonds is 5. The molecule has 3 N–H and O–H groups in total. The van der Waals surface area contributed by atoms with Gasteiger partial charge in [-0.1, -0.05) is 0 Å². The van der Waals surface area contributed by atoms with Crippen LogP contribution in [0.1, 0.15) is 35.1 Å². The van der Waals surface area contributed by atoms with Crippen molar-refractivity contribution in [3.63, 3.8) is 0 Å². The molecule has 2 atom stereocenters. The first kappa shape index (κ1) is 26.1. The van der Waals surface area contributed by atoms with Crippen LogP contribution in [0.5, 0.6) is 0 Å². The first-order valence-electron chi connectivity index (χ1n) is 11.6. The van der Waals surface area contributed by atoms with Crippen LogP contribution in [0.15, 0.2) is 47.4 Å². The molecule has 0 aliphatic carbocycles. The molecule has 200 valence electrons. The summed E-state index contributed by atoms with van der Waals surface area (Å²) in [5, 5.41) is 15.8. The number of aromatic nitrogens is 2. The number of guanidine groups is 1. The summed E-state index contributed by atoms with van der Waals surface area (Å²) in [6, 6.07) is 6.16. The molecule has 2 fully saturated rings. The number of halogens is 2. The van der Waals surface area contributed by atoms with Crippen LogP contribution >= 0.6 is 11.3 Å². The highest BCUT2D eigenvalue weighted by Crippen LogP contribution is 2.49. The van der Waals surface area contributed by atoms with Crippen molar-refractivity contribution in [2.75, 3.05) is 25.5 Å². The van der Waals surface area contributed by atoms with Crippen LogP contribution < -0.4 is 10.6 Å².